The zero-order valence-corrected chi connectivity index (χ0v) is 9.67. The molecule has 1 amide bonds. The van der Waals surface area contributed by atoms with Crippen molar-refractivity contribution >= 4 is 21.8 Å². The fourth-order valence-electron chi connectivity index (χ4n) is 0.991. The highest BCUT2D eigenvalue weighted by Gasteiger charge is 2.03. The van der Waals surface area contributed by atoms with E-state index in [9.17, 15) is 4.79 Å². The van der Waals surface area contributed by atoms with Gasteiger partial charge in [0.15, 0.2) is 0 Å². The van der Waals surface area contributed by atoms with Gasteiger partial charge in [-0.15, -0.1) is 0 Å². The SMILES string of the molecule is CCCCNC(=O)c1ccc(Br)nc1. The van der Waals surface area contributed by atoms with E-state index in [4.69, 9.17) is 0 Å². The molecule has 76 valence electrons. The number of nitrogens with zero attached hydrogens (tertiary/aromatic N) is 1. The van der Waals surface area contributed by atoms with Gasteiger partial charge in [0, 0.05) is 12.7 Å². The van der Waals surface area contributed by atoms with Crippen LogP contribution in [-0.4, -0.2) is 17.4 Å². The van der Waals surface area contributed by atoms with E-state index in [-0.39, 0.29) is 5.91 Å². The number of pyridine rings is 1. The Balaban J connectivity index is 2.48. The summed E-state index contributed by atoms with van der Waals surface area (Å²) in [6.45, 7) is 2.82. The van der Waals surface area contributed by atoms with Crippen molar-refractivity contribution in [2.75, 3.05) is 6.54 Å². The lowest BCUT2D eigenvalue weighted by molar-refractivity contribution is 0.0953. The number of rotatable bonds is 4. The van der Waals surface area contributed by atoms with Gasteiger partial charge in [-0.25, -0.2) is 4.98 Å². The van der Waals surface area contributed by atoms with Crippen LogP contribution in [-0.2, 0) is 0 Å². The Hall–Kier alpha value is -0.900. The summed E-state index contributed by atoms with van der Waals surface area (Å²) in [7, 11) is 0. The lowest BCUT2D eigenvalue weighted by Gasteiger charge is -2.03. The maximum absolute atomic E-state index is 11.5. The third-order valence-electron chi connectivity index (χ3n) is 1.81. The van der Waals surface area contributed by atoms with Gasteiger partial charge in [0.25, 0.3) is 5.91 Å². The molecule has 0 bridgehead atoms. The normalized spacial score (nSPS) is 9.86. The first kappa shape index (κ1) is 11.2. The van der Waals surface area contributed by atoms with Crippen LogP contribution in [0.2, 0.25) is 0 Å². The van der Waals surface area contributed by atoms with Gasteiger partial charge in [-0.3, -0.25) is 4.79 Å². The maximum atomic E-state index is 11.5. The molecule has 0 aliphatic heterocycles. The van der Waals surface area contributed by atoms with Crippen LogP contribution in [0.4, 0.5) is 0 Å². The molecule has 1 rings (SSSR count). The average Bonchev–Trinajstić information content (AvgIpc) is 2.19. The number of unbranched alkanes of at least 4 members (excludes halogenated alkanes) is 1. The molecular formula is C10H13BrN2O. The van der Waals surface area contributed by atoms with Crippen molar-refractivity contribution in [1.29, 1.82) is 0 Å². The predicted molar refractivity (Wildman–Crippen MR) is 59.2 cm³/mol. The lowest BCUT2D eigenvalue weighted by atomic mass is 10.2. The molecule has 1 aromatic heterocycles. The highest BCUT2D eigenvalue weighted by molar-refractivity contribution is 9.10. The zero-order valence-electron chi connectivity index (χ0n) is 8.09. The van der Waals surface area contributed by atoms with Crippen LogP contribution in [0.5, 0.6) is 0 Å². The predicted octanol–water partition coefficient (Wildman–Crippen LogP) is 2.37. The molecule has 0 saturated carbocycles. The first-order valence-electron chi connectivity index (χ1n) is 4.63. The van der Waals surface area contributed by atoms with Gasteiger partial charge in [0.05, 0.1) is 5.56 Å². The fourth-order valence-corrected chi connectivity index (χ4v) is 1.23. The third-order valence-corrected chi connectivity index (χ3v) is 2.27. The maximum Gasteiger partial charge on any atom is 0.252 e. The van der Waals surface area contributed by atoms with Gasteiger partial charge in [0.2, 0.25) is 0 Å². The van der Waals surface area contributed by atoms with Crippen molar-refractivity contribution in [1.82, 2.24) is 10.3 Å². The van der Waals surface area contributed by atoms with Crippen LogP contribution >= 0.6 is 15.9 Å². The van der Waals surface area contributed by atoms with Crippen LogP contribution in [0.1, 0.15) is 30.1 Å². The summed E-state index contributed by atoms with van der Waals surface area (Å²) in [5.74, 6) is -0.0570. The van der Waals surface area contributed by atoms with Gasteiger partial charge in [-0.05, 0) is 34.5 Å². The Kier molecular flexibility index (Phi) is 4.59. The molecule has 0 spiro atoms. The lowest BCUT2D eigenvalue weighted by Crippen LogP contribution is -2.24. The molecule has 1 aromatic rings. The van der Waals surface area contributed by atoms with Crippen LogP contribution in [0.15, 0.2) is 22.9 Å². The quantitative estimate of drug-likeness (QED) is 0.664. The summed E-state index contributed by atoms with van der Waals surface area (Å²) < 4.78 is 0.739. The molecule has 1 heterocycles. The summed E-state index contributed by atoms with van der Waals surface area (Å²) in [4.78, 5) is 15.4. The van der Waals surface area contributed by atoms with Gasteiger partial charge >= 0.3 is 0 Å². The Bertz CT molecular complexity index is 297. The Morgan fingerprint density at radius 1 is 1.57 bits per heavy atom. The van der Waals surface area contributed by atoms with E-state index in [0.29, 0.717) is 5.56 Å². The Labute approximate surface area is 92.1 Å². The Morgan fingerprint density at radius 3 is 2.93 bits per heavy atom. The summed E-state index contributed by atoms with van der Waals surface area (Å²) >= 11 is 3.22. The number of carbonyl (C=O) groups is 1. The number of nitrogens with one attached hydrogen (secondary N) is 1. The second-order valence-corrected chi connectivity index (χ2v) is 3.79. The van der Waals surface area contributed by atoms with Crippen molar-refractivity contribution in [3.8, 4) is 0 Å². The average molecular weight is 257 g/mol. The van der Waals surface area contributed by atoms with Crippen molar-refractivity contribution in [2.45, 2.75) is 19.8 Å². The minimum atomic E-state index is -0.0570. The zero-order chi connectivity index (χ0) is 10.4. The van der Waals surface area contributed by atoms with Crippen molar-refractivity contribution in [2.24, 2.45) is 0 Å². The molecule has 0 aromatic carbocycles. The second kappa shape index (κ2) is 5.75. The molecular weight excluding hydrogens is 244 g/mol. The largest absolute Gasteiger partial charge is 0.352 e. The number of amides is 1. The molecule has 0 unspecified atom stereocenters. The van der Waals surface area contributed by atoms with Gasteiger partial charge < -0.3 is 5.32 Å². The van der Waals surface area contributed by atoms with Crippen molar-refractivity contribution in [3.63, 3.8) is 0 Å². The third kappa shape index (κ3) is 3.46. The summed E-state index contributed by atoms with van der Waals surface area (Å²) in [6.07, 6.45) is 3.65. The fraction of sp³-hybridized carbons (Fsp3) is 0.400. The second-order valence-electron chi connectivity index (χ2n) is 2.98. The molecule has 0 atom stereocenters. The minimum Gasteiger partial charge on any atom is -0.352 e. The molecule has 0 fully saturated rings. The molecule has 0 aliphatic carbocycles. The topological polar surface area (TPSA) is 42.0 Å². The molecule has 14 heavy (non-hydrogen) atoms. The van der Waals surface area contributed by atoms with E-state index in [1.165, 1.54) is 0 Å². The Morgan fingerprint density at radius 2 is 2.36 bits per heavy atom. The van der Waals surface area contributed by atoms with Gasteiger partial charge in [-0.1, -0.05) is 13.3 Å². The number of halogens is 1. The monoisotopic (exact) mass is 256 g/mol. The highest BCUT2D eigenvalue weighted by Crippen LogP contribution is 2.05. The first-order valence-corrected chi connectivity index (χ1v) is 5.43. The van der Waals surface area contributed by atoms with E-state index in [0.717, 1.165) is 24.0 Å². The minimum absolute atomic E-state index is 0.0570. The van der Waals surface area contributed by atoms with Crippen molar-refractivity contribution in [3.05, 3.63) is 28.5 Å². The highest BCUT2D eigenvalue weighted by atomic mass is 79.9. The summed E-state index contributed by atoms with van der Waals surface area (Å²) in [6, 6.07) is 3.51. The summed E-state index contributed by atoms with van der Waals surface area (Å²) in [5, 5.41) is 2.83. The summed E-state index contributed by atoms with van der Waals surface area (Å²) in [5.41, 5.74) is 0.601. The van der Waals surface area contributed by atoms with E-state index in [1.807, 2.05) is 0 Å². The van der Waals surface area contributed by atoms with Crippen LogP contribution in [0.25, 0.3) is 0 Å². The molecule has 4 heteroatoms. The van der Waals surface area contributed by atoms with E-state index in [1.54, 1.807) is 18.3 Å². The molecule has 0 aliphatic rings. The van der Waals surface area contributed by atoms with E-state index in [2.05, 4.69) is 33.2 Å². The smallest absolute Gasteiger partial charge is 0.252 e. The van der Waals surface area contributed by atoms with Crippen LogP contribution < -0.4 is 5.32 Å². The van der Waals surface area contributed by atoms with E-state index >= 15 is 0 Å². The van der Waals surface area contributed by atoms with Gasteiger partial charge in [-0.2, -0.15) is 0 Å². The van der Waals surface area contributed by atoms with Crippen molar-refractivity contribution < 1.29 is 4.79 Å². The van der Waals surface area contributed by atoms with Crippen LogP contribution in [0, 0.1) is 0 Å². The number of hydrogen-bond donors (Lipinski definition) is 1. The number of carbonyl (C=O) groups excluding carboxylic acids is 1. The molecule has 3 nitrogen and oxygen atoms in total. The standard InChI is InChI=1S/C10H13BrN2O/c1-2-3-6-12-10(14)8-4-5-9(11)13-7-8/h4-5,7H,2-3,6H2,1H3,(H,12,14). The molecule has 0 radical (unpaired) electrons. The van der Waals surface area contributed by atoms with E-state index < -0.39 is 0 Å². The molecule has 0 saturated heterocycles. The number of aromatic nitrogens is 1. The first-order chi connectivity index (χ1) is 6.74. The van der Waals surface area contributed by atoms with Gasteiger partial charge in [0.1, 0.15) is 4.60 Å². The van der Waals surface area contributed by atoms with Crippen LogP contribution in [0.3, 0.4) is 0 Å². The number of hydrogen-bond acceptors (Lipinski definition) is 2. The molecule has 1 N–H and O–H groups in total.